The smallest absolute Gasteiger partial charge is 0.152 e. The Morgan fingerprint density at radius 2 is 2.15 bits per heavy atom. The van der Waals surface area contributed by atoms with Crippen LogP contribution in [0, 0.1) is 5.92 Å². The van der Waals surface area contributed by atoms with Crippen LogP contribution in [0.5, 0.6) is 0 Å². The van der Waals surface area contributed by atoms with Gasteiger partial charge in [-0.2, -0.15) is 0 Å². The molecule has 1 aromatic carbocycles. The third-order valence-corrected chi connectivity index (χ3v) is 3.55. The monoisotopic (exact) mass is 293 g/mol. The molecular weight excluding hydrogens is 274 g/mol. The molecule has 4 heteroatoms. The minimum Gasteiger partial charge on any atom is -0.380 e. The molecule has 3 nitrogen and oxygen atoms in total. The van der Waals surface area contributed by atoms with Gasteiger partial charge in [0.05, 0.1) is 12.1 Å². The van der Waals surface area contributed by atoms with Gasteiger partial charge in [0.2, 0.25) is 0 Å². The molecule has 0 atom stereocenters. The van der Waals surface area contributed by atoms with E-state index in [1.54, 1.807) is 6.07 Å². The first-order valence-electron chi connectivity index (χ1n) is 6.93. The maximum absolute atomic E-state index is 11.1. The normalized spacial score (nSPS) is 11.4. The molecule has 0 radical (unpaired) electrons. The first kappa shape index (κ1) is 15.1. The highest BCUT2D eigenvalue weighted by atomic mass is 35.5. The molecule has 0 aliphatic carbocycles. The molecule has 0 amide bonds. The minimum atomic E-state index is 0.640. The summed E-state index contributed by atoms with van der Waals surface area (Å²) in [7, 11) is 0. The number of nitrogens with zero attached hydrogens (tertiary/aromatic N) is 1. The molecule has 0 fully saturated rings. The van der Waals surface area contributed by atoms with E-state index in [1.165, 1.54) is 0 Å². The summed E-state index contributed by atoms with van der Waals surface area (Å²) in [4.78, 5) is 11.1. The molecule has 20 heavy (non-hydrogen) atoms. The van der Waals surface area contributed by atoms with Crippen LogP contribution in [0.3, 0.4) is 0 Å². The van der Waals surface area contributed by atoms with E-state index in [-0.39, 0.29) is 0 Å². The Bertz CT molecular complexity index is 589. The second-order valence-electron chi connectivity index (χ2n) is 5.35. The summed E-state index contributed by atoms with van der Waals surface area (Å²) in [5.74, 6) is 0.655. The van der Waals surface area contributed by atoms with Crippen LogP contribution < -0.4 is 0 Å². The average Bonchev–Trinajstić information content (AvgIpc) is 2.75. The first-order chi connectivity index (χ1) is 9.61. The van der Waals surface area contributed by atoms with E-state index < -0.39 is 0 Å². The van der Waals surface area contributed by atoms with Crippen LogP contribution in [0.1, 0.15) is 30.6 Å². The van der Waals surface area contributed by atoms with Crippen molar-refractivity contribution in [3.8, 4) is 0 Å². The standard InChI is InChI=1S/C16H20ClNO2/c1-12(2)5-7-20-8-6-18-10-13(11-19)15-4-3-14(17)9-16(15)18/h3-4,9-12H,5-8H2,1-2H3. The molecule has 0 spiro atoms. The zero-order valence-corrected chi connectivity index (χ0v) is 12.7. The van der Waals surface area contributed by atoms with Crippen molar-refractivity contribution in [2.24, 2.45) is 5.92 Å². The molecule has 0 unspecified atom stereocenters. The molecule has 1 aromatic heterocycles. The topological polar surface area (TPSA) is 31.2 Å². The van der Waals surface area contributed by atoms with Crippen LogP contribution in [0.25, 0.3) is 10.9 Å². The molecule has 0 aliphatic rings. The lowest BCUT2D eigenvalue weighted by molar-refractivity contribution is 0.112. The summed E-state index contributed by atoms with van der Waals surface area (Å²) in [5, 5.41) is 1.61. The van der Waals surface area contributed by atoms with E-state index in [9.17, 15) is 4.79 Å². The van der Waals surface area contributed by atoms with Crippen LogP contribution in [0.4, 0.5) is 0 Å². The molecule has 108 valence electrons. The van der Waals surface area contributed by atoms with Crippen molar-refractivity contribution in [3.05, 3.63) is 35.0 Å². The van der Waals surface area contributed by atoms with Crippen molar-refractivity contribution in [3.63, 3.8) is 0 Å². The van der Waals surface area contributed by atoms with E-state index in [0.29, 0.717) is 23.1 Å². The fraction of sp³-hybridized carbons (Fsp3) is 0.438. The lowest BCUT2D eigenvalue weighted by Crippen LogP contribution is -2.07. The number of aldehydes is 1. The van der Waals surface area contributed by atoms with Gasteiger partial charge in [0, 0.05) is 35.3 Å². The SMILES string of the molecule is CC(C)CCOCCn1cc(C=O)c2ccc(Cl)cc21. The predicted molar refractivity (Wildman–Crippen MR) is 82.6 cm³/mol. The highest BCUT2D eigenvalue weighted by Gasteiger charge is 2.08. The highest BCUT2D eigenvalue weighted by molar-refractivity contribution is 6.31. The fourth-order valence-electron chi connectivity index (χ4n) is 2.16. The number of fused-ring (bicyclic) bond motifs is 1. The van der Waals surface area contributed by atoms with Crippen LogP contribution in [0.15, 0.2) is 24.4 Å². The molecule has 0 saturated carbocycles. The lowest BCUT2D eigenvalue weighted by atomic mass is 10.1. The zero-order valence-electron chi connectivity index (χ0n) is 11.9. The quantitative estimate of drug-likeness (QED) is 0.567. The molecule has 0 aliphatic heterocycles. The number of rotatable bonds is 7. The maximum Gasteiger partial charge on any atom is 0.152 e. The first-order valence-corrected chi connectivity index (χ1v) is 7.31. The number of hydrogen-bond donors (Lipinski definition) is 0. The van der Waals surface area contributed by atoms with Gasteiger partial charge in [-0.25, -0.2) is 0 Å². The number of hydrogen-bond acceptors (Lipinski definition) is 2. The van der Waals surface area contributed by atoms with Crippen molar-refractivity contribution in [1.82, 2.24) is 4.57 Å². The van der Waals surface area contributed by atoms with Crippen molar-refractivity contribution in [2.45, 2.75) is 26.8 Å². The summed E-state index contributed by atoms with van der Waals surface area (Å²) in [5.41, 5.74) is 1.67. The predicted octanol–water partition coefficient (Wildman–Crippen LogP) is 4.17. The lowest BCUT2D eigenvalue weighted by Gasteiger charge is -2.08. The van der Waals surface area contributed by atoms with E-state index in [1.807, 2.05) is 22.9 Å². The molecule has 1 heterocycles. The van der Waals surface area contributed by atoms with Crippen LogP contribution in [-0.4, -0.2) is 24.1 Å². The summed E-state index contributed by atoms with van der Waals surface area (Å²) < 4.78 is 7.66. The largest absolute Gasteiger partial charge is 0.380 e. The number of carbonyl (C=O) groups is 1. The Balaban J connectivity index is 2.06. The second kappa shape index (κ2) is 6.91. The number of benzene rings is 1. The van der Waals surface area contributed by atoms with Crippen LogP contribution >= 0.6 is 11.6 Å². The van der Waals surface area contributed by atoms with E-state index in [4.69, 9.17) is 16.3 Å². The van der Waals surface area contributed by atoms with Gasteiger partial charge in [0.15, 0.2) is 6.29 Å². The number of aromatic nitrogens is 1. The van der Waals surface area contributed by atoms with E-state index >= 15 is 0 Å². The zero-order chi connectivity index (χ0) is 14.5. The molecule has 0 bridgehead atoms. The summed E-state index contributed by atoms with van der Waals surface area (Å²) >= 11 is 6.03. The van der Waals surface area contributed by atoms with E-state index in [2.05, 4.69) is 13.8 Å². The third kappa shape index (κ3) is 3.62. The molecule has 2 aromatic rings. The molecular formula is C16H20ClNO2. The Labute approximate surface area is 124 Å². The summed E-state index contributed by atoms with van der Waals surface area (Å²) in [6, 6.07) is 5.58. The van der Waals surface area contributed by atoms with Crippen molar-refractivity contribution < 1.29 is 9.53 Å². The molecule has 0 N–H and O–H groups in total. The van der Waals surface area contributed by atoms with Gasteiger partial charge >= 0.3 is 0 Å². The van der Waals surface area contributed by atoms with Gasteiger partial charge in [0.25, 0.3) is 0 Å². The van der Waals surface area contributed by atoms with Crippen LogP contribution in [-0.2, 0) is 11.3 Å². The van der Waals surface area contributed by atoms with Crippen molar-refractivity contribution >= 4 is 28.8 Å². The minimum absolute atomic E-state index is 0.640. The van der Waals surface area contributed by atoms with Crippen molar-refractivity contribution in [2.75, 3.05) is 13.2 Å². The Morgan fingerprint density at radius 1 is 1.35 bits per heavy atom. The third-order valence-electron chi connectivity index (χ3n) is 3.32. The van der Waals surface area contributed by atoms with Gasteiger partial charge in [-0.05, 0) is 24.5 Å². The number of carbonyl (C=O) groups excluding carboxylic acids is 1. The molecule has 0 saturated heterocycles. The van der Waals surface area contributed by atoms with Gasteiger partial charge in [-0.15, -0.1) is 0 Å². The average molecular weight is 294 g/mol. The van der Waals surface area contributed by atoms with Gasteiger partial charge < -0.3 is 9.30 Å². The summed E-state index contributed by atoms with van der Waals surface area (Å²) in [6.07, 6.45) is 3.81. The Morgan fingerprint density at radius 3 is 2.85 bits per heavy atom. The van der Waals surface area contributed by atoms with Crippen molar-refractivity contribution in [1.29, 1.82) is 0 Å². The van der Waals surface area contributed by atoms with Gasteiger partial charge in [0.1, 0.15) is 0 Å². The van der Waals surface area contributed by atoms with Gasteiger partial charge in [-0.1, -0.05) is 31.5 Å². The van der Waals surface area contributed by atoms with Gasteiger partial charge in [-0.3, -0.25) is 4.79 Å². The second-order valence-corrected chi connectivity index (χ2v) is 5.79. The Hall–Kier alpha value is -1.32. The molecule has 2 rings (SSSR count). The number of ether oxygens (including phenoxy) is 1. The van der Waals surface area contributed by atoms with Crippen LogP contribution in [0.2, 0.25) is 5.02 Å². The highest BCUT2D eigenvalue weighted by Crippen LogP contribution is 2.23. The maximum atomic E-state index is 11.1. The number of halogens is 1. The van der Waals surface area contributed by atoms with E-state index in [0.717, 1.165) is 36.8 Å². The Kier molecular flexibility index (Phi) is 5.21. The fourth-order valence-corrected chi connectivity index (χ4v) is 2.32. The summed E-state index contributed by atoms with van der Waals surface area (Å²) in [6.45, 7) is 6.50.